The molecule has 0 spiro atoms. The summed E-state index contributed by atoms with van der Waals surface area (Å²) in [7, 11) is 1.65. The Morgan fingerprint density at radius 1 is 0.966 bits per heavy atom. The zero-order valence-electron chi connectivity index (χ0n) is 15.9. The molecule has 8 nitrogen and oxygen atoms in total. The van der Waals surface area contributed by atoms with Crippen molar-refractivity contribution in [2.45, 2.75) is 0 Å². The number of rotatable bonds is 3. The van der Waals surface area contributed by atoms with E-state index in [0.717, 1.165) is 5.69 Å². The van der Waals surface area contributed by atoms with Gasteiger partial charge in [-0.1, -0.05) is 18.2 Å². The molecule has 0 aliphatic carbocycles. The number of non-ortho nitro benzene ring substituents is 1. The number of fused-ring (bicyclic) bond motifs is 1. The van der Waals surface area contributed by atoms with Gasteiger partial charge in [0.05, 0.1) is 10.5 Å². The Bertz CT molecular complexity index is 1150. The van der Waals surface area contributed by atoms with E-state index in [0.29, 0.717) is 42.5 Å². The second-order valence-electron chi connectivity index (χ2n) is 7.06. The number of nitro benzene ring substituents is 1. The molecule has 29 heavy (non-hydrogen) atoms. The van der Waals surface area contributed by atoms with Gasteiger partial charge in [0.1, 0.15) is 0 Å². The highest BCUT2D eigenvalue weighted by Gasteiger charge is 2.24. The second kappa shape index (κ2) is 7.38. The lowest BCUT2D eigenvalue weighted by molar-refractivity contribution is -0.384. The van der Waals surface area contributed by atoms with E-state index in [1.807, 2.05) is 6.07 Å². The monoisotopic (exact) mass is 392 g/mol. The Labute approximate surface area is 166 Å². The summed E-state index contributed by atoms with van der Waals surface area (Å²) in [6.07, 6.45) is 1.61. The van der Waals surface area contributed by atoms with E-state index in [2.05, 4.69) is 4.90 Å². The molecule has 3 aromatic rings. The SMILES string of the molecule is Cn1cc(C(=O)N2CCN(c3ccc([N+](=O)[O-])cc3)CC2)c2ccccc2c1=O. The lowest BCUT2D eigenvalue weighted by atomic mass is 10.1. The van der Waals surface area contributed by atoms with Gasteiger partial charge < -0.3 is 14.4 Å². The zero-order valence-corrected chi connectivity index (χ0v) is 15.9. The Morgan fingerprint density at radius 2 is 1.59 bits per heavy atom. The van der Waals surface area contributed by atoms with Gasteiger partial charge in [-0.2, -0.15) is 0 Å². The fourth-order valence-corrected chi connectivity index (χ4v) is 3.71. The lowest BCUT2D eigenvalue weighted by Crippen LogP contribution is -2.49. The summed E-state index contributed by atoms with van der Waals surface area (Å²) in [5.41, 5.74) is 1.35. The van der Waals surface area contributed by atoms with Crippen molar-refractivity contribution in [1.82, 2.24) is 9.47 Å². The van der Waals surface area contributed by atoms with Crippen LogP contribution in [-0.4, -0.2) is 46.5 Å². The average Bonchev–Trinajstić information content (AvgIpc) is 2.76. The molecule has 0 saturated carbocycles. The molecule has 1 amide bonds. The number of nitro groups is 1. The first-order chi connectivity index (χ1) is 14.0. The summed E-state index contributed by atoms with van der Waals surface area (Å²) in [6.45, 7) is 2.33. The third-order valence-electron chi connectivity index (χ3n) is 5.31. The van der Waals surface area contributed by atoms with Crippen molar-refractivity contribution in [2.24, 2.45) is 7.05 Å². The van der Waals surface area contributed by atoms with Crippen LogP contribution in [0, 0.1) is 10.1 Å². The molecular formula is C21H20N4O4. The topological polar surface area (TPSA) is 88.7 Å². The van der Waals surface area contributed by atoms with Gasteiger partial charge in [0, 0.05) is 68.0 Å². The minimum absolute atomic E-state index is 0.0594. The highest BCUT2D eigenvalue weighted by molar-refractivity contribution is 6.06. The quantitative estimate of drug-likeness (QED) is 0.504. The van der Waals surface area contributed by atoms with Gasteiger partial charge in [-0.15, -0.1) is 0 Å². The molecule has 1 fully saturated rings. The van der Waals surface area contributed by atoms with Gasteiger partial charge in [-0.3, -0.25) is 19.7 Å². The summed E-state index contributed by atoms with van der Waals surface area (Å²) in [5, 5.41) is 12.0. The Balaban J connectivity index is 1.53. The number of benzene rings is 2. The standard InChI is InChI=1S/C21H20N4O4/c1-22-14-19(17-4-2-3-5-18(17)20(22)26)21(27)24-12-10-23(11-13-24)15-6-8-16(9-7-15)25(28)29/h2-9,14H,10-13H2,1H3. The Kier molecular flexibility index (Phi) is 4.75. The van der Waals surface area contributed by atoms with Crippen molar-refractivity contribution in [1.29, 1.82) is 0 Å². The number of pyridine rings is 1. The number of carbonyl (C=O) groups is 1. The third-order valence-corrected chi connectivity index (χ3v) is 5.31. The Morgan fingerprint density at radius 3 is 2.21 bits per heavy atom. The van der Waals surface area contributed by atoms with Gasteiger partial charge >= 0.3 is 0 Å². The molecule has 1 aliphatic heterocycles. The Hall–Kier alpha value is -3.68. The maximum absolute atomic E-state index is 13.2. The first kappa shape index (κ1) is 18.7. The van der Waals surface area contributed by atoms with Crippen molar-refractivity contribution in [3.05, 3.63) is 80.8 Å². The fraction of sp³-hybridized carbons (Fsp3) is 0.238. The first-order valence-corrected chi connectivity index (χ1v) is 9.33. The van der Waals surface area contributed by atoms with E-state index in [4.69, 9.17) is 0 Å². The molecule has 0 bridgehead atoms. The largest absolute Gasteiger partial charge is 0.368 e. The second-order valence-corrected chi connectivity index (χ2v) is 7.06. The predicted molar refractivity (Wildman–Crippen MR) is 110 cm³/mol. The molecular weight excluding hydrogens is 372 g/mol. The average molecular weight is 392 g/mol. The minimum atomic E-state index is -0.419. The van der Waals surface area contributed by atoms with Crippen LogP contribution in [0.1, 0.15) is 10.4 Å². The smallest absolute Gasteiger partial charge is 0.269 e. The molecule has 0 N–H and O–H groups in total. The summed E-state index contributed by atoms with van der Waals surface area (Å²) in [4.78, 5) is 39.8. The normalized spacial score (nSPS) is 14.2. The van der Waals surface area contributed by atoms with Crippen molar-refractivity contribution < 1.29 is 9.72 Å². The number of nitrogens with zero attached hydrogens (tertiary/aromatic N) is 4. The van der Waals surface area contributed by atoms with Crippen LogP contribution >= 0.6 is 0 Å². The predicted octanol–water partition coefficient (Wildman–Crippen LogP) is 2.41. The van der Waals surface area contributed by atoms with E-state index in [9.17, 15) is 19.7 Å². The number of hydrogen-bond acceptors (Lipinski definition) is 5. The molecule has 1 saturated heterocycles. The van der Waals surface area contributed by atoms with Crippen LogP contribution in [0.15, 0.2) is 59.5 Å². The summed E-state index contributed by atoms with van der Waals surface area (Å²) in [6, 6.07) is 13.6. The van der Waals surface area contributed by atoms with Gasteiger partial charge in [-0.05, 0) is 18.2 Å². The first-order valence-electron chi connectivity index (χ1n) is 9.33. The number of hydrogen-bond donors (Lipinski definition) is 0. The number of amides is 1. The molecule has 1 aromatic heterocycles. The number of aromatic nitrogens is 1. The molecule has 1 aliphatic rings. The number of anilines is 1. The van der Waals surface area contributed by atoms with Crippen LogP contribution in [-0.2, 0) is 7.05 Å². The third kappa shape index (κ3) is 3.44. The highest BCUT2D eigenvalue weighted by atomic mass is 16.6. The molecule has 148 valence electrons. The van der Waals surface area contributed by atoms with Crippen molar-refractivity contribution in [3.63, 3.8) is 0 Å². The number of carbonyl (C=O) groups excluding carboxylic acids is 1. The van der Waals surface area contributed by atoms with Crippen molar-refractivity contribution in [3.8, 4) is 0 Å². The molecule has 2 heterocycles. The fourth-order valence-electron chi connectivity index (χ4n) is 3.71. The van der Waals surface area contributed by atoms with Gasteiger partial charge in [0.2, 0.25) is 0 Å². The van der Waals surface area contributed by atoms with Crippen LogP contribution in [0.4, 0.5) is 11.4 Å². The summed E-state index contributed by atoms with van der Waals surface area (Å²) in [5.74, 6) is -0.0971. The van der Waals surface area contributed by atoms with E-state index in [-0.39, 0.29) is 17.2 Å². The van der Waals surface area contributed by atoms with Crippen LogP contribution in [0.25, 0.3) is 10.8 Å². The van der Waals surface area contributed by atoms with Gasteiger partial charge in [0.15, 0.2) is 0 Å². The highest BCUT2D eigenvalue weighted by Crippen LogP contribution is 2.22. The van der Waals surface area contributed by atoms with Gasteiger partial charge in [0.25, 0.3) is 17.2 Å². The van der Waals surface area contributed by atoms with E-state index in [1.54, 1.807) is 48.5 Å². The molecule has 8 heteroatoms. The van der Waals surface area contributed by atoms with Crippen LogP contribution < -0.4 is 10.5 Å². The van der Waals surface area contributed by atoms with Crippen LogP contribution in [0.5, 0.6) is 0 Å². The number of aryl methyl sites for hydroxylation is 1. The summed E-state index contributed by atoms with van der Waals surface area (Å²) >= 11 is 0. The lowest BCUT2D eigenvalue weighted by Gasteiger charge is -2.36. The molecule has 4 rings (SSSR count). The van der Waals surface area contributed by atoms with Crippen LogP contribution in [0.2, 0.25) is 0 Å². The summed E-state index contributed by atoms with van der Waals surface area (Å²) < 4.78 is 1.45. The molecule has 0 atom stereocenters. The van der Waals surface area contributed by atoms with E-state index < -0.39 is 4.92 Å². The number of piperazine rings is 1. The molecule has 0 unspecified atom stereocenters. The minimum Gasteiger partial charge on any atom is -0.368 e. The van der Waals surface area contributed by atoms with Crippen molar-refractivity contribution in [2.75, 3.05) is 31.1 Å². The zero-order chi connectivity index (χ0) is 20.5. The van der Waals surface area contributed by atoms with E-state index >= 15 is 0 Å². The van der Waals surface area contributed by atoms with E-state index in [1.165, 1.54) is 16.7 Å². The van der Waals surface area contributed by atoms with Crippen LogP contribution in [0.3, 0.4) is 0 Å². The van der Waals surface area contributed by atoms with Gasteiger partial charge in [-0.25, -0.2) is 0 Å². The maximum Gasteiger partial charge on any atom is 0.269 e. The maximum atomic E-state index is 13.2. The molecule has 0 radical (unpaired) electrons. The molecule has 2 aromatic carbocycles. The van der Waals surface area contributed by atoms with Crippen molar-refractivity contribution >= 4 is 28.1 Å².